The topological polar surface area (TPSA) is 38.9 Å². The average molecular weight is 180 g/mol. The molecule has 2 nitrogen and oxygen atoms in total. The molecule has 1 aromatic heterocycles. The Kier molecular flexibility index (Phi) is 6.98. The molecule has 0 saturated heterocycles. The maximum atomic E-state index is 5.35. The summed E-state index contributed by atoms with van der Waals surface area (Å²) in [6, 6.07) is 5.57. The third kappa shape index (κ3) is 7.32. The molecule has 0 aliphatic rings. The first-order chi connectivity index (χ1) is 6.20. The van der Waals surface area contributed by atoms with Crippen molar-refractivity contribution in [3.63, 3.8) is 0 Å². The van der Waals surface area contributed by atoms with Gasteiger partial charge in [-0.25, -0.2) is 4.98 Å². The van der Waals surface area contributed by atoms with Crippen LogP contribution in [0.3, 0.4) is 0 Å². The van der Waals surface area contributed by atoms with Gasteiger partial charge in [0.15, 0.2) is 0 Å². The molecule has 0 spiro atoms. The average Bonchev–Trinajstić information content (AvgIpc) is 2.06. The largest absolute Gasteiger partial charge is 0.384 e. The number of rotatable bonds is 2. The van der Waals surface area contributed by atoms with Crippen LogP contribution in [0.25, 0.3) is 0 Å². The molecule has 74 valence electrons. The molecule has 1 aromatic rings. The van der Waals surface area contributed by atoms with E-state index in [9.17, 15) is 0 Å². The standard InChI is InChI=1S/C6H8N2.C5H12/c1-5-3-2-4-6(7)8-5;1-3-5-4-2/h2-4H,1H3,(H2,7,8);3-5H2,1-2H3. The molecule has 0 fully saturated rings. The van der Waals surface area contributed by atoms with Crippen LogP contribution in [0.4, 0.5) is 5.82 Å². The maximum Gasteiger partial charge on any atom is 0.123 e. The Morgan fingerprint density at radius 3 is 2.08 bits per heavy atom. The molecule has 0 amide bonds. The lowest BCUT2D eigenvalue weighted by atomic mass is 10.3. The second-order valence-corrected chi connectivity index (χ2v) is 3.06. The maximum absolute atomic E-state index is 5.35. The summed E-state index contributed by atoms with van der Waals surface area (Å²) in [4.78, 5) is 3.95. The summed E-state index contributed by atoms with van der Waals surface area (Å²) < 4.78 is 0. The first-order valence-electron chi connectivity index (χ1n) is 4.89. The van der Waals surface area contributed by atoms with E-state index >= 15 is 0 Å². The van der Waals surface area contributed by atoms with Gasteiger partial charge in [0.1, 0.15) is 5.82 Å². The molecule has 0 radical (unpaired) electrons. The van der Waals surface area contributed by atoms with Crippen molar-refractivity contribution in [1.82, 2.24) is 4.98 Å². The van der Waals surface area contributed by atoms with Crippen LogP contribution >= 0.6 is 0 Å². The Hall–Kier alpha value is -1.05. The number of anilines is 1. The number of aryl methyl sites for hydroxylation is 1. The second kappa shape index (κ2) is 7.59. The fourth-order valence-corrected chi connectivity index (χ4v) is 0.918. The number of nitrogens with zero attached hydrogens (tertiary/aromatic N) is 1. The van der Waals surface area contributed by atoms with E-state index in [0.717, 1.165) is 5.69 Å². The van der Waals surface area contributed by atoms with Crippen LogP contribution in [0, 0.1) is 6.92 Å². The van der Waals surface area contributed by atoms with Gasteiger partial charge in [-0.05, 0) is 19.1 Å². The smallest absolute Gasteiger partial charge is 0.123 e. The summed E-state index contributed by atoms with van der Waals surface area (Å²) in [5, 5.41) is 0. The summed E-state index contributed by atoms with van der Waals surface area (Å²) in [5.41, 5.74) is 6.31. The van der Waals surface area contributed by atoms with Crippen LogP contribution in [0.2, 0.25) is 0 Å². The normalized spacial score (nSPS) is 8.85. The van der Waals surface area contributed by atoms with Gasteiger partial charge >= 0.3 is 0 Å². The lowest BCUT2D eigenvalue weighted by molar-refractivity contribution is 0.772. The van der Waals surface area contributed by atoms with Crippen molar-refractivity contribution in [3.8, 4) is 0 Å². The van der Waals surface area contributed by atoms with Gasteiger partial charge in [-0.15, -0.1) is 0 Å². The van der Waals surface area contributed by atoms with Gasteiger partial charge in [-0.2, -0.15) is 0 Å². The Labute approximate surface area is 81.2 Å². The molecule has 0 aliphatic heterocycles. The highest BCUT2D eigenvalue weighted by atomic mass is 14.8. The molecule has 0 aliphatic carbocycles. The van der Waals surface area contributed by atoms with Crippen molar-refractivity contribution in [2.75, 3.05) is 5.73 Å². The SMILES string of the molecule is CCCCC.Cc1cccc(N)n1. The predicted octanol–water partition coefficient (Wildman–Crippen LogP) is 3.17. The minimum absolute atomic E-state index is 0.588. The molecule has 0 aromatic carbocycles. The molecule has 0 atom stereocenters. The van der Waals surface area contributed by atoms with Gasteiger partial charge in [0.25, 0.3) is 0 Å². The van der Waals surface area contributed by atoms with E-state index in [-0.39, 0.29) is 0 Å². The number of unbranched alkanes of at least 4 members (excludes halogenated alkanes) is 2. The zero-order valence-electron chi connectivity index (χ0n) is 8.88. The molecule has 0 saturated carbocycles. The van der Waals surface area contributed by atoms with Crippen LogP contribution < -0.4 is 5.73 Å². The van der Waals surface area contributed by atoms with Crippen molar-refractivity contribution in [3.05, 3.63) is 23.9 Å². The van der Waals surface area contributed by atoms with Crippen molar-refractivity contribution >= 4 is 5.82 Å². The van der Waals surface area contributed by atoms with Crippen LogP contribution in [0.15, 0.2) is 18.2 Å². The van der Waals surface area contributed by atoms with E-state index in [1.807, 2.05) is 19.1 Å². The van der Waals surface area contributed by atoms with Crippen LogP contribution in [-0.2, 0) is 0 Å². The quantitative estimate of drug-likeness (QED) is 0.759. The number of hydrogen-bond acceptors (Lipinski definition) is 2. The fraction of sp³-hybridized carbons (Fsp3) is 0.545. The van der Waals surface area contributed by atoms with Crippen LogP contribution in [0.1, 0.15) is 38.8 Å². The summed E-state index contributed by atoms with van der Waals surface area (Å²) in [6.45, 7) is 6.34. The van der Waals surface area contributed by atoms with Crippen molar-refractivity contribution in [1.29, 1.82) is 0 Å². The van der Waals surface area contributed by atoms with E-state index < -0.39 is 0 Å². The molecule has 2 N–H and O–H groups in total. The van der Waals surface area contributed by atoms with E-state index in [1.165, 1.54) is 19.3 Å². The Balaban J connectivity index is 0.000000252. The van der Waals surface area contributed by atoms with Crippen LogP contribution in [-0.4, -0.2) is 4.98 Å². The summed E-state index contributed by atoms with van der Waals surface area (Å²) in [6.07, 6.45) is 4.08. The molecule has 2 heteroatoms. The van der Waals surface area contributed by atoms with E-state index in [4.69, 9.17) is 5.73 Å². The van der Waals surface area contributed by atoms with Gasteiger partial charge in [0.05, 0.1) is 0 Å². The highest BCUT2D eigenvalue weighted by Crippen LogP contribution is 1.96. The zero-order valence-corrected chi connectivity index (χ0v) is 8.88. The Morgan fingerprint density at radius 2 is 1.85 bits per heavy atom. The molecular formula is C11H20N2. The minimum Gasteiger partial charge on any atom is -0.384 e. The van der Waals surface area contributed by atoms with Gasteiger partial charge in [-0.1, -0.05) is 39.2 Å². The van der Waals surface area contributed by atoms with Crippen molar-refractivity contribution in [2.24, 2.45) is 0 Å². The molecule has 1 rings (SSSR count). The highest BCUT2D eigenvalue weighted by molar-refractivity contribution is 5.28. The fourth-order valence-electron chi connectivity index (χ4n) is 0.918. The van der Waals surface area contributed by atoms with E-state index in [0.29, 0.717) is 5.82 Å². The number of nitrogens with two attached hydrogens (primary N) is 1. The third-order valence-electron chi connectivity index (χ3n) is 1.62. The molecule has 1 heterocycles. The predicted molar refractivity (Wildman–Crippen MR) is 58.6 cm³/mol. The van der Waals surface area contributed by atoms with E-state index in [2.05, 4.69) is 18.8 Å². The molecule has 13 heavy (non-hydrogen) atoms. The Morgan fingerprint density at radius 1 is 1.23 bits per heavy atom. The minimum atomic E-state index is 0.588. The molecule has 0 unspecified atom stereocenters. The second-order valence-electron chi connectivity index (χ2n) is 3.06. The third-order valence-corrected chi connectivity index (χ3v) is 1.62. The first kappa shape index (κ1) is 11.9. The monoisotopic (exact) mass is 180 g/mol. The Bertz CT molecular complexity index is 202. The van der Waals surface area contributed by atoms with Crippen molar-refractivity contribution < 1.29 is 0 Å². The van der Waals surface area contributed by atoms with Crippen LogP contribution in [0.5, 0.6) is 0 Å². The summed E-state index contributed by atoms with van der Waals surface area (Å²) in [7, 11) is 0. The summed E-state index contributed by atoms with van der Waals surface area (Å²) in [5.74, 6) is 0.588. The number of pyridine rings is 1. The zero-order chi connectivity index (χ0) is 10.1. The van der Waals surface area contributed by atoms with Gasteiger partial charge < -0.3 is 5.73 Å². The lowest BCUT2D eigenvalue weighted by Crippen LogP contribution is -1.89. The first-order valence-corrected chi connectivity index (χ1v) is 4.89. The van der Waals surface area contributed by atoms with Gasteiger partial charge in [-0.3, -0.25) is 0 Å². The van der Waals surface area contributed by atoms with Crippen molar-refractivity contribution in [2.45, 2.75) is 40.0 Å². The highest BCUT2D eigenvalue weighted by Gasteiger charge is 1.82. The number of aromatic nitrogens is 1. The number of hydrogen-bond donors (Lipinski definition) is 1. The van der Waals surface area contributed by atoms with Gasteiger partial charge in [0, 0.05) is 5.69 Å². The number of nitrogen functional groups attached to an aromatic ring is 1. The van der Waals surface area contributed by atoms with E-state index in [1.54, 1.807) is 6.07 Å². The lowest BCUT2D eigenvalue weighted by Gasteiger charge is -1.90. The molecule has 0 bridgehead atoms. The van der Waals surface area contributed by atoms with Gasteiger partial charge in [0.2, 0.25) is 0 Å². The summed E-state index contributed by atoms with van der Waals surface area (Å²) >= 11 is 0. The molecular weight excluding hydrogens is 160 g/mol.